The van der Waals surface area contributed by atoms with Gasteiger partial charge in [-0.25, -0.2) is 14.6 Å². The van der Waals surface area contributed by atoms with Gasteiger partial charge < -0.3 is 9.47 Å². The summed E-state index contributed by atoms with van der Waals surface area (Å²) in [6.45, 7) is 0.154. The van der Waals surface area contributed by atoms with Crippen LogP contribution in [0.5, 0.6) is 11.6 Å². The minimum Gasteiger partial charge on any atom is -0.478 e. The standard InChI is InChI=1S/C19H17F5N4O2/c1-3-29-16-15(13-5-4-6-14(8-13)30-18(20)21)7-12(9-25-16)10-28-17(19(22,23)24)26-11(2)27-28/h4-9,18H,3,10H2,1-2H3. The van der Waals surface area contributed by atoms with E-state index in [1.54, 1.807) is 19.1 Å². The third-order valence-electron chi connectivity index (χ3n) is 3.92. The fraction of sp³-hybridized carbons (Fsp3) is 0.316. The number of hydrogen-bond donors (Lipinski definition) is 0. The Morgan fingerprint density at radius 1 is 1.17 bits per heavy atom. The first-order valence-electron chi connectivity index (χ1n) is 8.83. The highest BCUT2D eigenvalue weighted by atomic mass is 19.4. The Balaban J connectivity index is 2.00. The molecule has 0 aliphatic carbocycles. The van der Waals surface area contributed by atoms with Crippen molar-refractivity contribution < 1.29 is 31.4 Å². The van der Waals surface area contributed by atoms with E-state index in [1.165, 1.54) is 31.3 Å². The Labute approximate surface area is 168 Å². The third kappa shape index (κ3) is 5.02. The second-order valence-corrected chi connectivity index (χ2v) is 6.17. The molecule has 0 saturated heterocycles. The molecule has 0 aliphatic heterocycles. The first-order chi connectivity index (χ1) is 14.2. The van der Waals surface area contributed by atoms with E-state index < -0.39 is 18.6 Å². The highest BCUT2D eigenvalue weighted by Gasteiger charge is 2.37. The van der Waals surface area contributed by atoms with E-state index in [-0.39, 0.29) is 30.6 Å². The second-order valence-electron chi connectivity index (χ2n) is 6.17. The van der Waals surface area contributed by atoms with Crippen molar-refractivity contribution in [1.82, 2.24) is 19.7 Å². The van der Waals surface area contributed by atoms with Gasteiger partial charge in [0.1, 0.15) is 11.6 Å². The van der Waals surface area contributed by atoms with Crippen molar-refractivity contribution in [3.8, 4) is 22.8 Å². The van der Waals surface area contributed by atoms with Crippen LogP contribution < -0.4 is 9.47 Å². The molecule has 0 fully saturated rings. The van der Waals surface area contributed by atoms with Gasteiger partial charge in [0, 0.05) is 11.8 Å². The number of alkyl halides is 5. The molecule has 0 amide bonds. The fourth-order valence-corrected chi connectivity index (χ4v) is 2.83. The normalized spacial score (nSPS) is 11.7. The number of aromatic nitrogens is 4. The summed E-state index contributed by atoms with van der Waals surface area (Å²) < 4.78 is 75.3. The first kappa shape index (κ1) is 21.5. The van der Waals surface area contributed by atoms with Crippen LogP contribution in [0.2, 0.25) is 0 Å². The van der Waals surface area contributed by atoms with Crippen LogP contribution in [0.4, 0.5) is 22.0 Å². The van der Waals surface area contributed by atoms with Crippen LogP contribution in [0.3, 0.4) is 0 Å². The van der Waals surface area contributed by atoms with E-state index in [1.807, 2.05) is 0 Å². The second kappa shape index (κ2) is 8.64. The maximum atomic E-state index is 13.2. The summed E-state index contributed by atoms with van der Waals surface area (Å²) in [5.41, 5.74) is 1.26. The van der Waals surface area contributed by atoms with Gasteiger partial charge in [0.2, 0.25) is 11.7 Å². The molecule has 0 unspecified atom stereocenters. The molecule has 0 radical (unpaired) electrons. The molecule has 0 saturated carbocycles. The molecule has 3 aromatic rings. The molecule has 11 heteroatoms. The molecule has 0 spiro atoms. The molecule has 0 atom stereocenters. The molecule has 0 N–H and O–H groups in total. The smallest absolute Gasteiger partial charge is 0.451 e. The summed E-state index contributed by atoms with van der Waals surface area (Å²) in [6, 6.07) is 7.44. The van der Waals surface area contributed by atoms with Crippen LogP contribution in [0, 0.1) is 6.92 Å². The van der Waals surface area contributed by atoms with Gasteiger partial charge in [0.25, 0.3) is 0 Å². The number of rotatable bonds is 7. The molecule has 0 bridgehead atoms. The van der Waals surface area contributed by atoms with Crippen LogP contribution in [0.15, 0.2) is 36.5 Å². The number of benzene rings is 1. The summed E-state index contributed by atoms with van der Waals surface area (Å²) in [7, 11) is 0. The average molecular weight is 428 g/mol. The lowest BCUT2D eigenvalue weighted by atomic mass is 10.0. The number of nitrogens with zero attached hydrogens (tertiary/aromatic N) is 4. The lowest BCUT2D eigenvalue weighted by Gasteiger charge is -2.13. The Kier molecular flexibility index (Phi) is 6.18. The van der Waals surface area contributed by atoms with Gasteiger partial charge in [-0.3, -0.25) is 0 Å². The highest BCUT2D eigenvalue weighted by Crippen LogP contribution is 2.33. The van der Waals surface area contributed by atoms with Crippen LogP contribution in [-0.2, 0) is 12.7 Å². The van der Waals surface area contributed by atoms with E-state index in [4.69, 9.17) is 4.74 Å². The van der Waals surface area contributed by atoms with Gasteiger partial charge in [-0.15, -0.1) is 0 Å². The van der Waals surface area contributed by atoms with Crippen molar-refractivity contribution in [2.24, 2.45) is 0 Å². The van der Waals surface area contributed by atoms with Gasteiger partial charge >= 0.3 is 12.8 Å². The molecule has 1 aromatic carbocycles. The average Bonchev–Trinajstić information content (AvgIpc) is 3.03. The Hall–Kier alpha value is -3.24. The van der Waals surface area contributed by atoms with Gasteiger partial charge in [-0.2, -0.15) is 27.1 Å². The summed E-state index contributed by atoms with van der Waals surface area (Å²) in [5, 5.41) is 3.80. The SMILES string of the molecule is CCOc1ncc(Cn2nc(C)nc2C(F)(F)F)cc1-c1cccc(OC(F)F)c1. The molecule has 30 heavy (non-hydrogen) atoms. The quantitative estimate of drug-likeness (QED) is 0.510. The number of ether oxygens (including phenoxy) is 2. The number of halogens is 5. The molecule has 160 valence electrons. The van der Waals surface area contributed by atoms with Crippen LogP contribution in [0.25, 0.3) is 11.1 Å². The molecule has 6 nitrogen and oxygen atoms in total. The fourth-order valence-electron chi connectivity index (χ4n) is 2.83. The Morgan fingerprint density at radius 3 is 2.60 bits per heavy atom. The molecular formula is C19H17F5N4O2. The van der Waals surface area contributed by atoms with E-state index >= 15 is 0 Å². The van der Waals surface area contributed by atoms with E-state index in [0.717, 1.165) is 4.68 Å². The highest BCUT2D eigenvalue weighted by molar-refractivity contribution is 5.70. The van der Waals surface area contributed by atoms with Crippen LogP contribution >= 0.6 is 0 Å². The van der Waals surface area contributed by atoms with E-state index in [9.17, 15) is 22.0 Å². The van der Waals surface area contributed by atoms with Crippen LogP contribution in [0.1, 0.15) is 24.1 Å². The molecule has 2 aromatic heterocycles. The van der Waals surface area contributed by atoms with Crippen molar-refractivity contribution in [3.63, 3.8) is 0 Å². The lowest BCUT2D eigenvalue weighted by Crippen LogP contribution is -2.16. The van der Waals surface area contributed by atoms with Gasteiger partial charge in [-0.05, 0) is 43.2 Å². The minimum absolute atomic E-state index is 0.0155. The lowest BCUT2D eigenvalue weighted by molar-refractivity contribution is -0.147. The zero-order valence-corrected chi connectivity index (χ0v) is 16.0. The Bertz CT molecular complexity index is 1020. The number of aryl methyl sites for hydroxylation is 1. The zero-order valence-electron chi connectivity index (χ0n) is 16.0. The van der Waals surface area contributed by atoms with Crippen molar-refractivity contribution in [1.29, 1.82) is 0 Å². The predicted octanol–water partition coefficient (Wildman–Crippen LogP) is 4.72. The van der Waals surface area contributed by atoms with Crippen molar-refractivity contribution >= 4 is 0 Å². The van der Waals surface area contributed by atoms with Crippen LogP contribution in [-0.4, -0.2) is 33.0 Å². The van der Waals surface area contributed by atoms with Gasteiger partial charge in [0.05, 0.1) is 13.2 Å². The van der Waals surface area contributed by atoms with Crippen molar-refractivity contribution in [3.05, 3.63) is 53.7 Å². The third-order valence-corrected chi connectivity index (χ3v) is 3.92. The van der Waals surface area contributed by atoms with E-state index in [0.29, 0.717) is 16.7 Å². The first-order valence-corrected chi connectivity index (χ1v) is 8.83. The van der Waals surface area contributed by atoms with Gasteiger partial charge in [-0.1, -0.05) is 12.1 Å². The topological polar surface area (TPSA) is 62.1 Å². The maximum Gasteiger partial charge on any atom is 0.451 e. The molecule has 0 aliphatic rings. The minimum atomic E-state index is -4.66. The maximum absolute atomic E-state index is 13.2. The summed E-state index contributed by atoms with van der Waals surface area (Å²) in [6.07, 6.45) is -3.30. The molecular weight excluding hydrogens is 411 g/mol. The predicted molar refractivity (Wildman–Crippen MR) is 96.3 cm³/mol. The zero-order chi connectivity index (χ0) is 21.9. The largest absolute Gasteiger partial charge is 0.478 e. The summed E-state index contributed by atoms with van der Waals surface area (Å²) >= 11 is 0. The monoisotopic (exact) mass is 428 g/mol. The number of pyridine rings is 1. The summed E-state index contributed by atoms with van der Waals surface area (Å²) in [5.74, 6) is -0.996. The Morgan fingerprint density at radius 2 is 1.93 bits per heavy atom. The van der Waals surface area contributed by atoms with E-state index in [2.05, 4.69) is 19.8 Å². The van der Waals surface area contributed by atoms with Gasteiger partial charge in [0.15, 0.2) is 0 Å². The molecule has 2 heterocycles. The molecule has 3 rings (SSSR count). The van der Waals surface area contributed by atoms with Crippen molar-refractivity contribution in [2.75, 3.05) is 6.61 Å². The summed E-state index contributed by atoms with van der Waals surface area (Å²) in [4.78, 5) is 7.62. The van der Waals surface area contributed by atoms with Crippen molar-refractivity contribution in [2.45, 2.75) is 33.2 Å². The number of hydrogen-bond acceptors (Lipinski definition) is 5.